The van der Waals surface area contributed by atoms with Crippen molar-refractivity contribution in [3.8, 4) is 5.75 Å². The molecule has 0 aliphatic carbocycles. The minimum absolute atomic E-state index is 0.0195. The number of hydrogen-bond acceptors (Lipinski definition) is 7. The predicted octanol–water partition coefficient (Wildman–Crippen LogP) is 2.73. The van der Waals surface area contributed by atoms with Crippen LogP contribution >= 0.6 is 0 Å². The first-order valence-corrected chi connectivity index (χ1v) is 9.74. The first-order valence-electron chi connectivity index (χ1n) is 8.25. The number of nitrogens with zero attached hydrogens (tertiary/aromatic N) is 1. The number of aromatic nitrogens is 1. The summed E-state index contributed by atoms with van der Waals surface area (Å²) in [6, 6.07) is 4.11. The van der Waals surface area contributed by atoms with Crippen molar-refractivity contribution in [2.45, 2.75) is 51.7 Å². The molecule has 0 fully saturated rings. The molecule has 0 unspecified atom stereocenters. The van der Waals surface area contributed by atoms with E-state index >= 15 is 0 Å². The number of aryl methyl sites for hydroxylation is 2. The SMILES string of the molecule is COc1ccc(C(=O)OCc2c(C)noc2C)cc1S(=O)(=O)NC(C)(C)C. The molecule has 148 valence electrons. The lowest BCUT2D eigenvalue weighted by atomic mass is 10.1. The van der Waals surface area contributed by atoms with Gasteiger partial charge in [0.1, 0.15) is 23.0 Å². The van der Waals surface area contributed by atoms with Crippen LogP contribution in [-0.2, 0) is 21.4 Å². The molecule has 0 bridgehead atoms. The summed E-state index contributed by atoms with van der Waals surface area (Å²) in [5.41, 5.74) is 0.715. The van der Waals surface area contributed by atoms with Crippen LogP contribution in [0.15, 0.2) is 27.6 Å². The lowest BCUT2D eigenvalue weighted by Crippen LogP contribution is -2.40. The minimum Gasteiger partial charge on any atom is -0.495 e. The van der Waals surface area contributed by atoms with Crippen LogP contribution in [0.3, 0.4) is 0 Å². The Kier molecular flexibility index (Phi) is 5.96. The standard InChI is InChI=1S/C18H24N2O6S/c1-11-14(12(2)26-19-11)10-25-17(21)13-7-8-15(24-6)16(9-13)27(22,23)20-18(3,4)5/h7-9,20H,10H2,1-6H3. The monoisotopic (exact) mass is 396 g/mol. The summed E-state index contributed by atoms with van der Waals surface area (Å²) in [4.78, 5) is 12.3. The zero-order valence-electron chi connectivity index (χ0n) is 16.2. The largest absolute Gasteiger partial charge is 0.495 e. The van der Waals surface area contributed by atoms with Gasteiger partial charge in [-0.05, 0) is 52.8 Å². The van der Waals surface area contributed by atoms with Crippen LogP contribution in [0, 0.1) is 13.8 Å². The van der Waals surface area contributed by atoms with Gasteiger partial charge in [-0.2, -0.15) is 0 Å². The molecule has 0 aliphatic heterocycles. The van der Waals surface area contributed by atoms with Crippen LogP contribution in [0.4, 0.5) is 0 Å². The number of methoxy groups -OCH3 is 1. The fourth-order valence-corrected chi connectivity index (χ4v) is 4.02. The van der Waals surface area contributed by atoms with E-state index in [-0.39, 0.29) is 22.8 Å². The number of nitrogens with one attached hydrogen (secondary N) is 1. The van der Waals surface area contributed by atoms with Crippen molar-refractivity contribution in [2.75, 3.05) is 7.11 Å². The molecule has 27 heavy (non-hydrogen) atoms. The highest BCUT2D eigenvalue weighted by atomic mass is 32.2. The Labute approximate surface area is 158 Å². The van der Waals surface area contributed by atoms with Gasteiger partial charge in [-0.15, -0.1) is 0 Å². The predicted molar refractivity (Wildman–Crippen MR) is 98.2 cm³/mol. The number of rotatable bonds is 6. The Morgan fingerprint density at radius 3 is 2.44 bits per heavy atom. The maximum atomic E-state index is 12.7. The van der Waals surface area contributed by atoms with Crippen molar-refractivity contribution in [3.05, 3.63) is 40.8 Å². The average Bonchev–Trinajstić information content (AvgIpc) is 2.88. The molecule has 8 nitrogen and oxygen atoms in total. The highest BCUT2D eigenvalue weighted by Gasteiger charge is 2.26. The Bertz CT molecular complexity index is 922. The molecule has 1 heterocycles. The number of ether oxygens (including phenoxy) is 2. The van der Waals surface area contributed by atoms with E-state index in [4.69, 9.17) is 14.0 Å². The Morgan fingerprint density at radius 1 is 1.26 bits per heavy atom. The summed E-state index contributed by atoms with van der Waals surface area (Å²) >= 11 is 0. The summed E-state index contributed by atoms with van der Waals surface area (Å²) in [7, 11) is -2.53. The Morgan fingerprint density at radius 2 is 1.93 bits per heavy atom. The summed E-state index contributed by atoms with van der Waals surface area (Å²) in [6.45, 7) is 8.61. The van der Waals surface area contributed by atoms with Gasteiger partial charge >= 0.3 is 5.97 Å². The second-order valence-electron chi connectivity index (χ2n) is 7.10. The molecule has 0 aliphatic rings. The zero-order chi connectivity index (χ0) is 20.4. The van der Waals surface area contributed by atoms with Crippen molar-refractivity contribution in [3.63, 3.8) is 0 Å². The molecule has 9 heteroatoms. The smallest absolute Gasteiger partial charge is 0.338 e. The normalized spacial score (nSPS) is 12.1. The van der Waals surface area contributed by atoms with Gasteiger partial charge in [-0.3, -0.25) is 0 Å². The van der Waals surface area contributed by atoms with Crippen molar-refractivity contribution in [1.82, 2.24) is 9.88 Å². The van der Waals surface area contributed by atoms with E-state index < -0.39 is 21.5 Å². The average molecular weight is 396 g/mol. The quantitative estimate of drug-likeness (QED) is 0.748. The molecule has 0 atom stereocenters. The van der Waals surface area contributed by atoms with Crippen molar-refractivity contribution in [1.29, 1.82) is 0 Å². The summed E-state index contributed by atoms with van der Waals surface area (Å²) in [5, 5.41) is 3.80. The Hall–Kier alpha value is -2.39. The molecular formula is C18H24N2O6S. The van der Waals surface area contributed by atoms with Gasteiger partial charge in [0.2, 0.25) is 10.0 Å². The van der Waals surface area contributed by atoms with Crippen molar-refractivity contribution >= 4 is 16.0 Å². The maximum absolute atomic E-state index is 12.7. The van der Waals surface area contributed by atoms with Gasteiger partial charge < -0.3 is 14.0 Å². The van der Waals surface area contributed by atoms with Gasteiger partial charge in [0, 0.05) is 5.54 Å². The number of carbonyl (C=O) groups excluding carboxylic acids is 1. The van der Waals surface area contributed by atoms with E-state index in [1.807, 2.05) is 0 Å². The maximum Gasteiger partial charge on any atom is 0.338 e. The third-order valence-corrected chi connectivity index (χ3v) is 5.44. The van der Waals surface area contributed by atoms with Crippen LogP contribution in [0.2, 0.25) is 0 Å². The van der Waals surface area contributed by atoms with Gasteiger partial charge in [-0.1, -0.05) is 5.16 Å². The summed E-state index contributed by atoms with van der Waals surface area (Å²) in [6.07, 6.45) is 0. The van der Waals surface area contributed by atoms with E-state index in [0.717, 1.165) is 0 Å². The number of sulfonamides is 1. The van der Waals surface area contributed by atoms with Crippen molar-refractivity contribution in [2.24, 2.45) is 0 Å². The topological polar surface area (TPSA) is 108 Å². The molecule has 0 spiro atoms. The van der Waals surface area contributed by atoms with Gasteiger partial charge in [-0.25, -0.2) is 17.9 Å². The van der Waals surface area contributed by atoms with Gasteiger partial charge in [0.25, 0.3) is 0 Å². The van der Waals surface area contributed by atoms with Crippen molar-refractivity contribution < 1.29 is 27.2 Å². The van der Waals surface area contributed by atoms with E-state index in [2.05, 4.69) is 9.88 Å². The van der Waals surface area contributed by atoms with Crippen LogP contribution < -0.4 is 9.46 Å². The number of esters is 1. The van der Waals surface area contributed by atoms with Gasteiger partial charge in [0.15, 0.2) is 0 Å². The highest BCUT2D eigenvalue weighted by Crippen LogP contribution is 2.26. The van der Waals surface area contributed by atoms with Gasteiger partial charge in [0.05, 0.1) is 23.9 Å². The Balaban J connectivity index is 2.29. The second-order valence-corrected chi connectivity index (χ2v) is 8.75. The number of hydrogen-bond donors (Lipinski definition) is 1. The molecule has 2 rings (SSSR count). The molecule has 0 saturated heterocycles. The lowest BCUT2D eigenvalue weighted by Gasteiger charge is -2.21. The summed E-state index contributed by atoms with van der Waals surface area (Å²) in [5.74, 6) is 0.0339. The molecule has 0 amide bonds. The van der Waals surface area contributed by atoms with Crippen LogP contribution in [0.5, 0.6) is 5.75 Å². The minimum atomic E-state index is -3.90. The fraction of sp³-hybridized carbons (Fsp3) is 0.444. The van der Waals surface area contributed by atoms with E-state index in [1.165, 1.54) is 25.3 Å². The van der Waals surface area contributed by atoms with E-state index in [9.17, 15) is 13.2 Å². The lowest BCUT2D eigenvalue weighted by molar-refractivity contribution is 0.0470. The molecule has 0 radical (unpaired) electrons. The molecule has 1 aromatic heterocycles. The third-order valence-electron chi connectivity index (χ3n) is 3.66. The second kappa shape index (κ2) is 7.69. The third kappa shape index (κ3) is 5.08. The number of benzene rings is 1. The molecule has 1 aromatic carbocycles. The first kappa shape index (κ1) is 20.9. The molecule has 1 N–H and O–H groups in total. The molecule has 0 saturated carbocycles. The molecular weight excluding hydrogens is 372 g/mol. The zero-order valence-corrected chi connectivity index (χ0v) is 17.1. The van der Waals surface area contributed by atoms with Crippen LogP contribution in [0.25, 0.3) is 0 Å². The first-order chi connectivity index (χ1) is 12.4. The number of carbonyl (C=O) groups is 1. The van der Waals surface area contributed by atoms with Crippen LogP contribution in [-0.4, -0.2) is 32.2 Å². The molecule has 2 aromatic rings. The summed E-state index contributed by atoms with van der Waals surface area (Å²) < 4.78 is 43.3. The fourth-order valence-electron chi connectivity index (χ4n) is 2.40. The van der Waals surface area contributed by atoms with E-state index in [1.54, 1.807) is 34.6 Å². The highest BCUT2D eigenvalue weighted by molar-refractivity contribution is 7.89. The van der Waals surface area contributed by atoms with Crippen LogP contribution in [0.1, 0.15) is 48.1 Å². The van der Waals surface area contributed by atoms with E-state index in [0.29, 0.717) is 17.0 Å².